The molecule has 1 heterocycles. The fourth-order valence-corrected chi connectivity index (χ4v) is 1.68. The number of hydrogen-bond acceptors (Lipinski definition) is 3. The average Bonchev–Trinajstić information content (AvgIpc) is 2.39. The number of carbonyl (C=O) groups is 1. The Labute approximate surface area is 112 Å². The van der Waals surface area contributed by atoms with Crippen molar-refractivity contribution < 1.29 is 9.53 Å². The molecule has 0 saturated carbocycles. The molecule has 0 saturated heterocycles. The standard InChI is InChI=1S/C15H16N2O2/c1-11-4-3-5-13(8-11)19-14-6-7-17-12(9-14)10-15(18)16-2/h3-9H,10H2,1-2H3,(H,16,18). The van der Waals surface area contributed by atoms with E-state index in [4.69, 9.17) is 4.74 Å². The van der Waals surface area contributed by atoms with Crippen LogP contribution in [0, 0.1) is 6.92 Å². The number of ether oxygens (including phenoxy) is 1. The minimum absolute atomic E-state index is 0.0693. The van der Waals surface area contributed by atoms with Crippen molar-refractivity contribution in [2.24, 2.45) is 0 Å². The van der Waals surface area contributed by atoms with Crippen molar-refractivity contribution in [3.63, 3.8) is 0 Å². The lowest BCUT2D eigenvalue weighted by molar-refractivity contribution is -0.120. The van der Waals surface area contributed by atoms with E-state index in [9.17, 15) is 4.79 Å². The molecule has 0 unspecified atom stereocenters. The maximum Gasteiger partial charge on any atom is 0.225 e. The Hall–Kier alpha value is -2.36. The van der Waals surface area contributed by atoms with Crippen LogP contribution in [0.15, 0.2) is 42.6 Å². The summed E-state index contributed by atoms with van der Waals surface area (Å²) in [5.41, 5.74) is 1.82. The quantitative estimate of drug-likeness (QED) is 0.914. The Morgan fingerprint density at radius 1 is 1.26 bits per heavy atom. The third-order valence-electron chi connectivity index (χ3n) is 2.63. The van der Waals surface area contributed by atoms with Crippen LogP contribution in [0.4, 0.5) is 0 Å². The highest BCUT2D eigenvalue weighted by atomic mass is 16.5. The largest absolute Gasteiger partial charge is 0.457 e. The number of aromatic nitrogens is 1. The third kappa shape index (κ3) is 3.81. The lowest BCUT2D eigenvalue weighted by Gasteiger charge is -2.07. The Balaban J connectivity index is 2.13. The average molecular weight is 256 g/mol. The maximum absolute atomic E-state index is 11.3. The van der Waals surface area contributed by atoms with Crippen molar-refractivity contribution in [2.45, 2.75) is 13.3 Å². The van der Waals surface area contributed by atoms with Gasteiger partial charge in [0.25, 0.3) is 0 Å². The van der Waals surface area contributed by atoms with Gasteiger partial charge in [0.05, 0.1) is 12.1 Å². The first-order chi connectivity index (χ1) is 9.17. The number of aryl methyl sites for hydroxylation is 1. The van der Waals surface area contributed by atoms with E-state index in [1.807, 2.05) is 31.2 Å². The van der Waals surface area contributed by atoms with Gasteiger partial charge in [0.1, 0.15) is 11.5 Å². The number of nitrogens with zero attached hydrogens (tertiary/aromatic N) is 1. The summed E-state index contributed by atoms with van der Waals surface area (Å²) in [5, 5.41) is 2.57. The maximum atomic E-state index is 11.3. The van der Waals surface area contributed by atoms with Gasteiger partial charge in [-0.05, 0) is 30.7 Å². The highest BCUT2D eigenvalue weighted by molar-refractivity contribution is 5.77. The number of nitrogens with one attached hydrogen (secondary N) is 1. The van der Waals surface area contributed by atoms with Crippen molar-refractivity contribution in [3.05, 3.63) is 53.9 Å². The van der Waals surface area contributed by atoms with Crippen molar-refractivity contribution >= 4 is 5.91 Å². The zero-order valence-electron chi connectivity index (χ0n) is 11.0. The molecule has 0 atom stereocenters. The van der Waals surface area contributed by atoms with Crippen LogP contribution in [0.3, 0.4) is 0 Å². The van der Waals surface area contributed by atoms with Crippen LogP contribution < -0.4 is 10.1 Å². The van der Waals surface area contributed by atoms with Crippen LogP contribution in [0.5, 0.6) is 11.5 Å². The van der Waals surface area contributed by atoms with Crippen LogP contribution in [-0.2, 0) is 11.2 Å². The molecule has 2 rings (SSSR count). The molecular formula is C15H16N2O2. The molecule has 1 amide bonds. The first kappa shape index (κ1) is 13.1. The SMILES string of the molecule is CNC(=O)Cc1cc(Oc2cccc(C)c2)ccn1. The van der Waals surface area contributed by atoms with Gasteiger partial charge in [-0.2, -0.15) is 0 Å². The first-order valence-electron chi connectivity index (χ1n) is 6.07. The topological polar surface area (TPSA) is 51.2 Å². The fraction of sp³-hybridized carbons (Fsp3) is 0.200. The highest BCUT2D eigenvalue weighted by Gasteiger charge is 2.04. The lowest BCUT2D eigenvalue weighted by atomic mass is 10.2. The van der Waals surface area contributed by atoms with E-state index in [0.717, 1.165) is 11.3 Å². The number of benzene rings is 1. The number of rotatable bonds is 4. The van der Waals surface area contributed by atoms with Crippen LogP contribution >= 0.6 is 0 Å². The molecule has 4 heteroatoms. The molecule has 19 heavy (non-hydrogen) atoms. The van der Waals surface area contributed by atoms with E-state index in [-0.39, 0.29) is 12.3 Å². The summed E-state index contributed by atoms with van der Waals surface area (Å²) in [5.74, 6) is 1.39. The van der Waals surface area contributed by atoms with Gasteiger partial charge in [0, 0.05) is 19.3 Å². The molecule has 0 spiro atoms. The Kier molecular flexibility index (Phi) is 4.13. The number of hydrogen-bond donors (Lipinski definition) is 1. The van der Waals surface area contributed by atoms with Gasteiger partial charge in [-0.15, -0.1) is 0 Å². The van der Waals surface area contributed by atoms with E-state index < -0.39 is 0 Å². The molecule has 0 bridgehead atoms. The van der Waals surface area contributed by atoms with Crippen LogP contribution in [0.25, 0.3) is 0 Å². The van der Waals surface area contributed by atoms with Gasteiger partial charge in [0.15, 0.2) is 0 Å². The van der Waals surface area contributed by atoms with Crippen LogP contribution in [0.2, 0.25) is 0 Å². The zero-order valence-corrected chi connectivity index (χ0v) is 11.0. The molecule has 1 N–H and O–H groups in total. The van der Waals surface area contributed by atoms with Crippen LogP contribution in [-0.4, -0.2) is 17.9 Å². The molecule has 0 aliphatic rings. The number of carbonyl (C=O) groups excluding carboxylic acids is 1. The molecular weight excluding hydrogens is 240 g/mol. The first-order valence-corrected chi connectivity index (χ1v) is 6.07. The molecule has 0 fully saturated rings. The molecule has 1 aromatic carbocycles. The zero-order chi connectivity index (χ0) is 13.7. The van der Waals surface area contributed by atoms with E-state index in [0.29, 0.717) is 11.4 Å². The normalized spacial score (nSPS) is 10.0. The molecule has 1 aromatic heterocycles. The molecule has 98 valence electrons. The predicted molar refractivity (Wildman–Crippen MR) is 73.3 cm³/mol. The number of amides is 1. The summed E-state index contributed by atoms with van der Waals surface area (Å²) in [6.45, 7) is 2.01. The number of likely N-dealkylation sites (N-methyl/N-ethyl adjacent to an activating group) is 1. The van der Waals surface area contributed by atoms with Crippen molar-refractivity contribution in [1.82, 2.24) is 10.3 Å². The van der Waals surface area contributed by atoms with Crippen molar-refractivity contribution in [2.75, 3.05) is 7.05 Å². The van der Waals surface area contributed by atoms with Gasteiger partial charge in [-0.1, -0.05) is 12.1 Å². The summed E-state index contributed by atoms with van der Waals surface area (Å²) in [4.78, 5) is 15.4. The highest BCUT2D eigenvalue weighted by Crippen LogP contribution is 2.22. The monoisotopic (exact) mass is 256 g/mol. The van der Waals surface area contributed by atoms with Crippen molar-refractivity contribution in [1.29, 1.82) is 0 Å². The third-order valence-corrected chi connectivity index (χ3v) is 2.63. The molecule has 0 radical (unpaired) electrons. The second-order valence-electron chi connectivity index (χ2n) is 4.25. The van der Waals surface area contributed by atoms with Gasteiger partial charge in [-0.25, -0.2) is 0 Å². The predicted octanol–water partition coefficient (Wildman–Crippen LogP) is 2.47. The Bertz CT molecular complexity index is 582. The Morgan fingerprint density at radius 2 is 2.05 bits per heavy atom. The lowest BCUT2D eigenvalue weighted by Crippen LogP contribution is -2.20. The van der Waals surface area contributed by atoms with Gasteiger partial charge >= 0.3 is 0 Å². The van der Waals surface area contributed by atoms with Crippen molar-refractivity contribution in [3.8, 4) is 11.5 Å². The second-order valence-corrected chi connectivity index (χ2v) is 4.25. The summed E-state index contributed by atoms with van der Waals surface area (Å²) >= 11 is 0. The summed E-state index contributed by atoms with van der Waals surface area (Å²) in [6.07, 6.45) is 1.89. The van der Waals surface area contributed by atoms with E-state index in [2.05, 4.69) is 10.3 Å². The molecule has 4 nitrogen and oxygen atoms in total. The fourth-order valence-electron chi connectivity index (χ4n) is 1.68. The molecule has 2 aromatic rings. The summed E-state index contributed by atoms with van der Waals surface area (Å²) in [6, 6.07) is 11.4. The molecule has 0 aliphatic carbocycles. The van der Waals surface area contributed by atoms with Crippen LogP contribution in [0.1, 0.15) is 11.3 Å². The summed E-state index contributed by atoms with van der Waals surface area (Å²) in [7, 11) is 1.61. The Morgan fingerprint density at radius 3 is 2.79 bits per heavy atom. The van der Waals surface area contributed by atoms with E-state index in [1.54, 1.807) is 25.4 Å². The van der Waals surface area contributed by atoms with E-state index >= 15 is 0 Å². The molecule has 0 aliphatic heterocycles. The smallest absolute Gasteiger partial charge is 0.225 e. The minimum Gasteiger partial charge on any atom is -0.457 e. The number of pyridine rings is 1. The van der Waals surface area contributed by atoms with Gasteiger partial charge in [0.2, 0.25) is 5.91 Å². The van der Waals surface area contributed by atoms with E-state index in [1.165, 1.54) is 0 Å². The summed E-state index contributed by atoms with van der Waals surface area (Å²) < 4.78 is 5.74. The van der Waals surface area contributed by atoms with Gasteiger partial charge in [-0.3, -0.25) is 9.78 Å². The van der Waals surface area contributed by atoms with Gasteiger partial charge < -0.3 is 10.1 Å². The second kappa shape index (κ2) is 6.00. The minimum atomic E-state index is -0.0693.